The molecule has 0 radical (unpaired) electrons. The summed E-state index contributed by atoms with van der Waals surface area (Å²) in [5, 5.41) is 20.1. The highest BCUT2D eigenvalue weighted by Gasteiger charge is 2.51. The Balaban J connectivity index is 1.62. The van der Waals surface area contributed by atoms with Crippen molar-refractivity contribution in [2.45, 2.75) is 45.1 Å². The van der Waals surface area contributed by atoms with Crippen molar-refractivity contribution in [3.8, 4) is 0 Å². The molecule has 0 aromatic carbocycles. The smallest absolute Gasteiger partial charge is 0.375 e. The third-order valence-corrected chi connectivity index (χ3v) is 5.37. The molecule has 0 spiro atoms. The quantitative estimate of drug-likeness (QED) is 0.894. The number of carboxylic acid groups (broad SMARTS) is 1. The number of carbonyl (C=O) groups is 1. The normalized spacial score (nSPS) is 39.7. The molecule has 6 heteroatoms. The first-order chi connectivity index (χ1) is 9.13. The fraction of sp³-hybridized carbons (Fsp3) is 0.846. The topological polar surface area (TPSA) is 80.9 Å². The van der Waals surface area contributed by atoms with Crippen LogP contribution in [0.2, 0.25) is 0 Å². The van der Waals surface area contributed by atoms with Gasteiger partial charge < -0.3 is 5.11 Å². The second kappa shape index (κ2) is 3.77. The summed E-state index contributed by atoms with van der Waals surface area (Å²) in [5.41, 5.74) is 0.258. The maximum absolute atomic E-state index is 11.1. The third kappa shape index (κ3) is 1.76. The van der Waals surface area contributed by atoms with Gasteiger partial charge in [-0.1, -0.05) is 0 Å². The number of nitrogens with zero attached hydrogens (tertiary/aromatic N) is 4. The lowest BCUT2D eigenvalue weighted by molar-refractivity contribution is -0.0641. The molecule has 4 aliphatic carbocycles. The van der Waals surface area contributed by atoms with Crippen molar-refractivity contribution in [2.24, 2.45) is 23.2 Å². The van der Waals surface area contributed by atoms with Crippen molar-refractivity contribution in [3.63, 3.8) is 0 Å². The molecule has 0 amide bonds. The summed E-state index contributed by atoms with van der Waals surface area (Å²) in [7, 11) is 0. The van der Waals surface area contributed by atoms with Crippen LogP contribution in [-0.2, 0) is 6.54 Å². The van der Waals surface area contributed by atoms with Crippen LogP contribution in [0.15, 0.2) is 0 Å². The minimum Gasteiger partial charge on any atom is -0.475 e. The number of hydrogen-bond donors (Lipinski definition) is 1. The van der Waals surface area contributed by atoms with Crippen LogP contribution < -0.4 is 0 Å². The fourth-order valence-electron chi connectivity index (χ4n) is 5.27. The van der Waals surface area contributed by atoms with E-state index in [-0.39, 0.29) is 11.2 Å². The first-order valence-electron chi connectivity index (χ1n) is 7.13. The Morgan fingerprint density at radius 2 is 1.79 bits per heavy atom. The lowest BCUT2D eigenvalue weighted by Gasteiger charge is -2.56. The SMILES string of the molecule is O=C(O)c1nnnn1CC12CC3CC(CC(C3)C1)C2. The molecule has 0 atom stereocenters. The number of tetrazole rings is 1. The zero-order chi connectivity index (χ0) is 13.0. The van der Waals surface area contributed by atoms with Gasteiger partial charge in [0.2, 0.25) is 0 Å². The van der Waals surface area contributed by atoms with Crippen LogP contribution in [0.25, 0.3) is 0 Å². The van der Waals surface area contributed by atoms with Crippen LogP contribution in [-0.4, -0.2) is 31.3 Å². The Hall–Kier alpha value is -1.46. The van der Waals surface area contributed by atoms with Gasteiger partial charge in [0.15, 0.2) is 0 Å². The van der Waals surface area contributed by atoms with E-state index in [0.29, 0.717) is 6.54 Å². The Morgan fingerprint density at radius 1 is 1.21 bits per heavy atom. The van der Waals surface area contributed by atoms with E-state index >= 15 is 0 Å². The maximum atomic E-state index is 11.1. The zero-order valence-corrected chi connectivity index (χ0v) is 10.8. The minimum absolute atomic E-state index is 0.0178. The summed E-state index contributed by atoms with van der Waals surface area (Å²) in [6.45, 7) is 0.686. The molecule has 4 fully saturated rings. The molecule has 1 N–H and O–H groups in total. The number of rotatable bonds is 3. The van der Waals surface area contributed by atoms with Crippen molar-refractivity contribution in [2.75, 3.05) is 0 Å². The van der Waals surface area contributed by atoms with Crippen LogP contribution >= 0.6 is 0 Å². The summed E-state index contributed by atoms with van der Waals surface area (Å²) < 4.78 is 1.51. The van der Waals surface area contributed by atoms with Gasteiger partial charge in [-0.25, -0.2) is 9.48 Å². The predicted molar refractivity (Wildman–Crippen MR) is 65.4 cm³/mol. The number of aromatic nitrogens is 4. The maximum Gasteiger partial charge on any atom is 0.375 e. The Morgan fingerprint density at radius 3 is 2.32 bits per heavy atom. The van der Waals surface area contributed by atoms with Crippen molar-refractivity contribution in [1.29, 1.82) is 0 Å². The van der Waals surface area contributed by atoms with Gasteiger partial charge >= 0.3 is 5.97 Å². The molecule has 0 aliphatic heterocycles. The van der Waals surface area contributed by atoms with Gasteiger partial charge in [-0.2, -0.15) is 0 Å². The van der Waals surface area contributed by atoms with E-state index in [1.54, 1.807) is 0 Å². The first-order valence-corrected chi connectivity index (χ1v) is 7.13. The van der Waals surface area contributed by atoms with Crippen LogP contribution in [0.3, 0.4) is 0 Å². The van der Waals surface area contributed by atoms with Gasteiger partial charge in [-0.3, -0.25) is 0 Å². The van der Waals surface area contributed by atoms with E-state index in [1.165, 1.54) is 43.2 Å². The molecular weight excluding hydrogens is 244 g/mol. The van der Waals surface area contributed by atoms with Gasteiger partial charge in [-0.15, -0.1) is 5.10 Å². The van der Waals surface area contributed by atoms with Crippen LogP contribution in [0.4, 0.5) is 0 Å². The molecule has 4 saturated carbocycles. The average molecular weight is 262 g/mol. The van der Waals surface area contributed by atoms with Gasteiger partial charge in [-0.05, 0) is 72.1 Å². The lowest BCUT2D eigenvalue weighted by atomic mass is 9.49. The van der Waals surface area contributed by atoms with E-state index in [9.17, 15) is 4.79 Å². The third-order valence-electron chi connectivity index (χ3n) is 5.37. The summed E-state index contributed by atoms with van der Waals surface area (Å²) >= 11 is 0. The van der Waals surface area contributed by atoms with E-state index in [1.807, 2.05) is 0 Å². The highest BCUT2D eigenvalue weighted by atomic mass is 16.4. The summed E-state index contributed by atoms with van der Waals surface area (Å²) in [6, 6.07) is 0. The number of carboxylic acids is 1. The van der Waals surface area contributed by atoms with Crippen molar-refractivity contribution in [3.05, 3.63) is 5.82 Å². The summed E-state index contributed by atoms with van der Waals surface area (Å²) in [6.07, 6.45) is 7.87. The second-order valence-corrected chi connectivity index (χ2v) is 6.88. The minimum atomic E-state index is -1.03. The van der Waals surface area contributed by atoms with Gasteiger partial charge in [0.1, 0.15) is 0 Å². The van der Waals surface area contributed by atoms with Gasteiger partial charge in [0.05, 0.1) is 6.54 Å². The lowest BCUT2D eigenvalue weighted by Crippen LogP contribution is -2.48. The first kappa shape index (κ1) is 11.4. The van der Waals surface area contributed by atoms with E-state index in [2.05, 4.69) is 15.5 Å². The van der Waals surface area contributed by atoms with Gasteiger partial charge in [0.25, 0.3) is 5.82 Å². The highest BCUT2D eigenvalue weighted by molar-refractivity contribution is 5.82. The van der Waals surface area contributed by atoms with Gasteiger partial charge in [0, 0.05) is 0 Å². The Kier molecular flexibility index (Phi) is 2.26. The van der Waals surface area contributed by atoms with Crippen LogP contribution in [0, 0.1) is 23.2 Å². The monoisotopic (exact) mass is 262 g/mol. The molecule has 6 nitrogen and oxygen atoms in total. The molecular formula is C13H18N4O2. The van der Waals surface area contributed by atoms with Crippen molar-refractivity contribution in [1.82, 2.24) is 20.2 Å². The molecule has 0 unspecified atom stereocenters. The Labute approximate surface area is 111 Å². The number of hydrogen-bond acceptors (Lipinski definition) is 4. The Bertz CT molecular complexity index is 489. The average Bonchev–Trinajstić information content (AvgIpc) is 2.74. The zero-order valence-electron chi connectivity index (χ0n) is 10.8. The molecule has 1 heterocycles. The van der Waals surface area contributed by atoms with Crippen molar-refractivity contribution < 1.29 is 9.90 Å². The van der Waals surface area contributed by atoms with Crippen LogP contribution in [0.5, 0.6) is 0 Å². The molecule has 1 aromatic heterocycles. The summed E-state index contributed by atoms with van der Waals surface area (Å²) in [4.78, 5) is 11.1. The molecule has 102 valence electrons. The van der Waals surface area contributed by atoms with E-state index < -0.39 is 5.97 Å². The molecule has 4 aliphatic rings. The van der Waals surface area contributed by atoms with Crippen LogP contribution in [0.1, 0.15) is 49.1 Å². The molecule has 1 aromatic rings. The van der Waals surface area contributed by atoms with Crippen molar-refractivity contribution >= 4 is 5.97 Å². The number of aromatic carboxylic acids is 1. The molecule has 4 bridgehead atoms. The summed E-state index contributed by atoms with van der Waals surface area (Å²) in [5.74, 6) is 1.52. The fourth-order valence-corrected chi connectivity index (χ4v) is 5.27. The van der Waals surface area contributed by atoms with E-state index in [0.717, 1.165) is 17.8 Å². The van der Waals surface area contributed by atoms with E-state index in [4.69, 9.17) is 5.11 Å². The largest absolute Gasteiger partial charge is 0.475 e. The second-order valence-electron chi connectivity index (χ2n) is 6.88. The predicted octanol–water partition coefficient (Wildman–Crippen LogP) is 1.59. The molecule has 5 rings (SSSR count). The standard InChI is InChI=1S/C13H18N4O2/c18-12(19)11-14-15-16-17(11)7-13-4-8-1-9(5-13)3-10(2-8)6-13/h8-10H,1-7H2,(H,18,19). The molecule has 19 heavy (non-hydrogen) atoms. The molecule has 0 saturated heterocycles. The highest BCUT2D eigenvalue weighted by Crippen LogP contribution is 2.60.